The minimum atomic E-state index is -0.859. The number of aromatic hydroxyl groups is 3. The van der Waals surface area contributed by atoms with Crippen LogP contribution in [-0.4, -0.2) is 26.4 Å². The molecule has 0 saturated heterocycles. The smallest absolute Gasteiger partial charge is 0.307 e. The molecular formula is C21H20O6. The van der Waals surface area contributed by atoms with Gasteiger partial charge in [-0.2, -0.15) is 0 Å². The molecule has 2 aromatic carbocycles. The van der Waals surface area contributed by atoms with E-state index in [1.54, 1.807) is 18.2 Å². The molecule has 1 heterocycles. The van der Waals surface area contributed by atoms with E-state index in [4.69, 9.17) is 4.74 Å². The summed E-state index contributed by atoms with van der Waals surface area (Å²) in [5.41, 5.74) is 1.25. The van der Waals surface area contributed by atoms with Crippen LogP contribution >= 0.6 is 0 Å². The number of carbonyl (C=O) groups is 1. The lowest BCUT2D eigenvalue weighted by atomic mass is 9.72. The summed E-state index contributed by atoms with van der Waals surface area (Å²) in [4.78, 5) is 11.9. The predicted octanol–water partition coefficient (Wildman–Crippen LogP) is 2.41. The third kappa shape index (κ3) is 2.60. The van der Waals surface area contributed by atoms with E-state index in [0.29, 0.717) is 34.4 Å². The van der Waals surface area contributed by atoms with Crippen molar-refractivity contribution in [3.05, 3.63) is 40.3 Å². The SMILES string of the molecule is C=c1ccc2c(c1O)Oc1c(ccc(O)c1O)C=2C1CCCC[C@H]1C(=O)O. The number of benzene rings is 2. The number of rotatable bonds is 2. The number of fused-ring (bicyclic) bond motifs is 2. The standard InChI is InChI=1S/C21H20O6/c1-10-6-7-13-16(11-4-2-3-5-12(11)21(25)26)14-8-9-15(22)18(24)20(14)27-19(13)17(10)23/h6-9,11-12,22-24H,1-5H2,(H,25,26)/t11?,12-/m1/s1. The number of carboxylic acid groups (broad SMARTS) is 1. The minimum Gasteiger partial charge on any atom is -0.504 e. The number of phenols is 3. The first-order chi connectivity index (χ1) is 12.9. The first-order valence-corrected chi connectivity index (χ1v) is 8.91. The molecule has 6 heteroatoms. The van der Waals surface area contributed by atoms with Crippen molar-refractivity contribution in [2.75, 3.05) is 0 Å². The van der Waals surface area contributed by atoms with E-state index in [2.05, 4.69) is 6.58 Å². The van der Waals surface area contributed by atoms with Crippen LogP contribution in [0.5, 0.6) is 28.7 Å². The fraction of sp³-hybridized carbons (Fsp3) is 0.286. The Labute approximate surface area is 155 Å². The normalized spacial score (nSPS) is 21.1. The summed E-state index contributed by atoms with van der Waals surface area (Å²) < 4.78 is 5.75. The van der Waals surface area contributed by atoms with E-state index < -0.39 is 17.6 Å². The molecule has 1 saturated carbocycles. The van der Waals surface area contributed by atoms with Crippen LogP contribution in [0.25, 0.3) is 12.2 Å². The molecule has 6 nitrogen and oxygen atoms in total. The number of hydrogen-bond donors (Lipinski definition) is 4. The van der Waals surface area contributed by atoms with Gasteiger partial charge in [0.2, 0.25) is 5.75 Å². The fourth-order valence-corrected chi connectivity index (χ4v) is 4.22. The Morgan fingerprint density at radius 3 is 2.48 bits per heavy atom. The van der Waals surface area contributed by atoms with Crippen LogP contribution in [0, 0.1) is 11.8 Å². The van der Waals surface area contributed by atoms with Crippen LogP contribution in [-0.2, 0) is 4.79 Å². The molecule has 140 valence electrons. The highest BCUT2D eigenvalue weighted by Gasteiger charge is 2.38. The van der Waals surface area contributed by atoms with Gasteiger partial charge >= 0.3 is 5.97 Å². The van der Waals surface area contributed by atoms with Gasteiger partial charge in [0, 0.05) is 16.0 Å². The molecule has 0 bridgehead atoms. The zero-order chi connectivity index (χ0) is 19.3. The largest absolute Gasteiger partial charge is 0.504 e. The van der Waals surface area contributed by atoms with Crippen molar-refractivity contribution in [3.63, 3.8) is 0 Å². The maximum atomic E-state index is 11.9. The van der Waals surface area contributed by atoms with Crippen LogP contribution in [0.3, 0.4) is 0 Å². The van der Waals surface area contributed by atoms with Gasteiger partial charge in [0.1, 0.15) is 0 Å². The van der Waals surface area contributed by atoms with Crippen molar-refractivity contribution in [1.82, 2.24) is 0 Å². The van der Waals surface area contributed by atoms with Crippen LogP contribution in [0.2, 0.25) is 0 Å². The second kappa shape index (κ2) is 6.23. The number of phenolic OH excluding ortho intramolecular Hbond substituents is 3. The molecule has 2 atom stereocenters. The van der Waals surface area contributed by atoms with Crippen LogP contribution < -0.4 is 15.2 Å². The van der Waals surface area contributed by atoms with E-state index in [0.717, 1.165) is 12.8 Å². The Morgan fingerprint density at radius 1 is 1.00 bits per heavy atom. The number of ether oxygens (including phenoxy) is 1. The number of carboxylic acids is 1. The van der Waals surface area contributed by atoms with E-state index in [1.165, 1.54) is 6.07 Å². The van der Waals surface area contributed by atoms with Gasteiger partial charge < -0.3 is 25.2 Å². The van der Waals surface area contributed by atoms with Crippen molar-refractivity contribution < 1.29 is 30.0 Å². The summed E-state index contributed by atoms with van der Waals surface area (Å²) in [6.07, 6.45) is 2.99. The van der Waals surface area contributed by atoms with Gasteiger partial charge in [-0.15, -0.1) is 0 Å². The third-order valence-corrected chi connectivity index (χ3v) is 5.56. The maximum Gasteiger partial charge on any atom is 0.307 e. The maximum absolute atomic E-state index is 11.9. The quantitative estimate of drug-likeness (QED) is 0.607. The highest BCUT2D eigenvalue weighted by Crippen LogP contribution is 2.50. The number of aliphatic carboxylic acids is 1. The predicted molar refractivity (Wildman–Crippen MR) is 98.3 cm³/mol. The topological polar surface area (TPSA) is 107 Å². The summed E-state index contributed by atoms with van der Waals surface area (Å²) in [6, 6.07) is 6.39. The summed E-state index contributed by atoms with van der Waals surface area (Å²) in [5.74, 6) is -2.52. The first kappa shape index (κ1) is 17.3. The van der Waals surface area contributed by atoms with E-state index in [9.17, 15) is 25.2 Å². The molecule has 0 aromatic heterocycles. The summed E-state index contributed by atoms with van der Waals surface area (Å²) in [6.45, 7) is 3.76. The third-order valence-electron chi connectivity index (χ3n) is 5.56. The Bertz CT molecular complexity index is 1060. The van der Waals surface area contributed by atoms with Gasteiger partial charge in [-0.3, -0.25) is 4.79 Å². The molecule has 4 N–H and O–H groups in total. The molecule has 1 aliphatic heterocycles. The second-order valence-corrected chi connectivity index (χ2v) is 7.11. The van der Waals surface area contributed by atoms with Crippen LogP contribution in [0.1, 0.15) is 31.2 Å². The molecule has 2 aliphatic rings. The van der Waals surface area contributed by atoms with Gasteiger partial charge in [0.05, 0.1) is 5.92 Å². The first-order valence-electron chi connectivity index (χ1n) is 8.91. The molecule has 1 fully saturated rings. The lowest BCUT2D eigenvalue weighted by Crippen LogP contribution is -2.32. The van der Waals surface area contributed by atoms with Gasteiger partial charge in [-0.25, -0.2) is 0 Å². The molecule has 4 rings (SSSR count). The van der Waals surface area contributed by atoms with E-state index >= 15 is 0 Å². The lowest BCUT2D eigenvalue weighted by molar-refractivity contribution is -0.143. The Kier molecular flexibility index (Phi) is 3.98. The Balaban J connectivity index is 2.07. The van der Waals surface area contributed by atoms with E-state index in [-0.39, 0.29) is 28.9 Å². The average molecular weight is 368 g/mol. The molecular weight excluding hydrogens is 348 g/mol. The van der Waals surface area contributed by atoms with Crippen LogP contribution in [0.15, 0.2) is 24.3 Å². The van der Waals surface area contributed by atoms with Gasteiger partial charge in [0.25, 0.3) is 0 Å². The number of hydrogen-bond acceptors (Lipinski definition) is 5. The fourth-order valence-electron chi connectivity index (χ4n) is 4.22. The van der Waals surface area contributed by atoms with E-state index in [1.807, 2.05) is 0 Å². The molecule has 0 radical (unpaired) electrons. The molecule has 1 unspecified atom stereocenters. The van der Waals surface area contributed by atoms with Crippen LogP contribution in [0.4, 0.5) is 0 Å². The van der Waals surface area contributed by atoms with Gasteiger partial charge in [-0.1, -0.05) is 31.6 Å². The lowest BCUT2D eigenvalue weighted by Gasteiger charge is -2.33. The van der Waals surface area contributed by atoms with Crippen molar-refractivity contribution in [2.45, 2.75) is 25.7 Å². The van der Waals surface area contributed by atoms with Gasteiger partial charge in [0.15, 0.2) is 23.0 Å². The van der Waals surface area contributed by atoms with Gasteiger partial charge in [-0.05, 0) is 36.5 Å². The monoisotopic (exact) mass is 368 g/mol. The molecule has 0 amide bonds. The highest BCUT2D eigenvalue weighted by atomic mass is 16.5. The molecule has 27 heavy (non-hydrogen) atoms. The minimum absolute atomic E-state index is 0.0214. The van der Waals surface area contributed by atoms with Crippen molar-refractivity contribution in [1.29, 1.82) is 0 Å². The Hall–Kier alpha value is -3.15. The Morgan fingerprint density at radius 2 is 1.74 bits per heavy atom. The summed E-state index contributed by atoms with van der Waals surface area (Å²) >= 11 is 0. The summed E-state index contributed by atoms with van der Waals surface area (Å²) in [7, 11) is 0. The zero-order valence-corrected chi connectivity index (χ0v) is 14.6. The summed E-state index contributed by atoms with van der Waals surface area (Å²) in [5, 5.41) is 41.3. The van der Waals surface area contributed by atoms with Crippen molar-refractivity contribution in [3.8, 4) is 28.7 Å². The molecule has 2 aromatic rings. The highest BCUT2D eigenvalue weighted by molar-refractivity contribution is 5.83. The molecule has 1 aliphatic carbocycles. The average Bonchev–Trinajstić information content (AvgIpc) is 2.66. The van der Waals surface area contributed by atoms with Crippen molar-refractivity contribution in [2.24, 2.45) is 11.8 Å². The molecule has 0 spiro atoms. The van der Waals surface area contributed by atoms with Crippen molar-refractivity contribution >= 4 is 18.1 Å². The second-order valence-electron chi connectivity index (χ2n) is 7.11. The zero-order valence-electron chi connectivity index (χ0n) is 14.6.